The summed E-state index contributed by atoms with van der Waals surface area (Å²) < 4.78 is 1.81. The van der Waals surface area contributed by atoms with Crippen molar-refractivity contribution >= 4 is 16.8 Å². The first kappa shape index (κ1) is 15.0. The van der Waals surface area contributed by atoms with Gasteiger partial charge >= 0.3 is 0 Å². The Hall–Kier alpha value is -1.88. The molecule has 22 heavy (non-hydrogen) atoms. The zero-order chi connectivity index (χ0) is 15.4. The zero-order valence-electron chi connectivity index (χ0n) is 13.2. The molecule has 1 fully saturated rings. The second-order valence-electron chi connectivity index (χ2n) is 6.08. The summed E-state index contributed by atoms with van der Waals surface area (Å²) in [4.78, 5) is 14.5. The maximum atomic E-state index is 12.5. The number of piperidine rings is 1. The van der Waals surface area contributed by atoms with Gasteiger partial charge in [0, 0.05) is 18.5 Å². The van der Waals surface area contributed by atoms with Crippen molar-refractivity contribution in [2.45, 2.75) is 25.8 Å². The van der Waals surface area contributed by atoms with Gasteiger partial charge in [0.15, 0.2) is 0 Å². The maximum absolute atomic E-state index is 12.5. The summed E-state index contributed by atoms with van der Waals surface area (Å²) in [5.41, 5.74) is 1.03. The number of para-hydroxylation sites is 1. The Bertz CT molecular complexity index is 628. The molecule has 118 valence electrons. The molecule has 1 aliphatic heterocycles. The quantitative estimate of drug-likeness (QED) is 0.917. The third kappa shape index (κ3) is 3.30. The Kier molecular flexibility index (Phi) is 4.73. The normalized spacial score (nSPS) is 16.3. The summed E-state index contributed by atoms with van der Waals surface area (Å²) in [7, 11) is 1.99. The lowest BCUT2D eigenvalue weighted by atomic mass is 9.93. The van der Waals surface area contributed by atoms with E-state index >= 15 is 0 Å². The smallest absolute Gasteiger partial charge is 0.244 e. The highest BCUT2D eigenvalue weighted by Gasteiger charge is 2.22. The van der Waals surface area contributed by atoms with Crippen molar-refractivity contribution in [2.24, 2.45) is 5.92 Å². The highest BCUT2D eigenvalue weighted by atomic mass is 16.2. The first-order valence-corrected chi connectivity index (χ1v) is 8.11. The molecule has 5 nitrogen and oxygen atoms in total. The summed E-state index contributed by atoms with van der Waals surface area (Å²) in [6, 6.07) is 8.01. The fraction of sp³-hybridized carbons (Fsp3) is 0.529. The minimum absolute atomic E-state index is 0.181. The molecule has 2 aromatic rings. The Balaban J connectivity index is 1.57. The molecule has 0 atom stereocenters. The molecule has 2 heterocycles. The van der Waals surface area contributed by atoms with Gasteiger partial charge in [0.25, 0.3) is 0 Å². The van der Waals surface area contributed by atoms with E-state index in [4.69, 9.17) is 0 Å². The van der Waals surface area contributed by atoms with Crippen LogP contribution in [0.25, 0.3) is 10.9 Å². The van der Waals surface area contributed by atoms with E-state index in [1.54, 1.807) is 0 Å². The highest BCUT2D eigenvalue weighted by Crippen LogP contribution is 2.20. The van der Waals surface area contributed by atoms with E-state index in [1.165, 1.54) is 6.42 Å². The lowest BCUT2D eigenvalue weighted by Crippen LogP contribution is -2.40. The lowest BCUT2D eigenvalue weighted by molar-refractivity contribution is -0.133. The van der Waals surface area contributed by atoms with E-state index in [1.807, 2.05) is 47.1 Å². The predicted molar refractivity (Wildman–Crippen MR) is 87.6 cm³/mol. The minimum atomic E-state index is 0.181. The minimum Gasteiger partial charge on any atom is -0.341 e. The van der Waals surface area contributed by atoms with E-state index in [0.717, 1.165) is 49.3 Å². The number of hydrogen-bond donors (Lipinski definition) is 1. The van der Waals surface area contributed by atoms with Gasteiger partial charge in [-0.15, -0.1) is 0 Å². The molecule has 1 aromatic heterocycles. The number of likely N-dealkylation sites (tertiary alicyclic amines) is 1. The van der Waals surface area contributed by atoms with Crippen LogP contribution in [0, 0.1) is 5.92 Å². The number of fused-ring (bicyclic) bond motifs is 1. The summed E-state index contributed by atoms with van der Waals surface area (Å²) in [6.07, 6.45) is 5.27. The van der Waals surface area contributed by atoms with Crippen LogP contribution in [0.15, 0.2) is 30.5 Å². The van der Waals surface area contributed by atoms with Crippen molar-refractivity contribution in [1.29, 1.82) is 0 Å². The van der Waals surface area contributed by atoms with Gasteiger partial charge < -0.3 is 10.2 Å². The fourth-order valence-corrected chi connectivity index (χ4v) is 3.20. The van der Waals surface area contributed by atoms with Crippen LogP contribution in [0.1, 0.15) is 19.3 Å². The first-order valence-electron chi connectivity index (χ1n) is 8.11. The molecule has 0 aliphatic carbocycles. The maximum Gasteiger partial charge on any atom is 0.244 e. The van der Waals surface area contributed by atoms with E-state index < -0.39 is 0 Å². The number of amides is 1. The molecule has 0 saturated carbocycles. The van der Waals surface area contributed by atoms with Crippen LogP contribution >= 0.6 is 0 Å². The van der Waals surface area contributed by atoms with Gasteiger partial charge in [-0.25, -0.2) is 0 Å². The van der Waals surface area contributed by atoms with Gasteiger partial charge in [-0.3, -0.25) is 9.48 Å². The van der Waals surface area contributed by atoms with Crippen LogP contribution in [0.5, 0.6) is 0 Å². The van der Waals surface area contributed by atoms with Gasteiger partial charge in [0.2, 0.25) is 5.91 Å². The average Bonchev–Trinajstić information content (AvgIpc) is 2.96. The second-order valence-corrected chi connectivity index (χ2v) is 6.08. The monoisotopic (exact) mass is 300 g/mol. The molecule has 3 rings (SSSR count). The highest BCUT2D eigenvalue weighted by molar-refractivity contribution is 5.82. The van der Waals surface area contributed by atoms with E-state index in [2.05, 4.69) is 10.4 Å². The number of aromatic nitrogens is 2. The van der Waals surface area contributed by atoms with Crippen molar-refractivity contribution in [3.8, 4) is 0 Å². The van der Waals surface area contributed by atoms with Gasteiger partial charge in [0.1, 0.15) is 6.54 Å². The third-order valence-electron chi connectivity index (χ3n) is 4.61. The van der Waals surface area contributed by atoms with Crippen LogP contribution in [0.2, 0.25) is 0 Å². The molecule has 1 amide bonds. The molecular weight excluding hydrogens is 276 g/mol. The van der Waals surface area contributed by atoms with Crippen LogP contribution < -0.4 is 5.32 Å². The van der Waals surface area contributed by atoms with Gasteiger partial charge in [-0.1, -0.05) is 18.2 Å². The van der Waals surface area contributed by atoms with Gasteiger partial charge in [-0.2, -0.15) is 5.10 Å². The number of hydrogen-bond acceptors (Lipinski definition) is 3. The zero-order valence-corrected chi connectivity index (χ0v) is 13.2. The standard InChI is InChI=1S/C17H24N4O/c1-18-9-6-14-7-10-20(11-8-14)17(22)13-21-16-5-3-2-4-15(16)12-19-21/h2-5,12,14,18H,6-11,13H2,1H3. The summed E-state index contributed by atoms with van der Waals surface area (Å²) in [5, 5.41) is 8.63. The van der Waals surface area contributed by atoms with Crippen molar-refractivity contribution in [3.05, 3.63) is 30.5 Å². The molecule has 1 N–H and O–H groups in total. The molecule has 1 saturated heterocycles. The van der Waals surface area contributed by atoms with Gasteiger partial charge in [0.05, 0.1) is 11.7 Å². The van der Waals surface area contributed by atoms with Crippen LogP contribution in [-0.4, -0.2) is 47.3 Å². The fourth-order valence-electron chi connectivity index (χ4n) is 3.20. The third-order valence-corrected chi connectivity index (χ3v) is 4.61. The molecule has 0 bridgehead atoms. The van der Waals surface area contributed by atoms with E-state index in [-0.39, 0.29) is 5.91 Å². The molecule has 1 aromatic carbocycles. The molecule has 0 radical (unpaired) electrons. The second kappa shape index (κ2) is 6.92. The van der Waals surface area contributed by atoms with Crippen molar-refractivity contribution in [2.75, 3.05) is 26.7 Å². The van der Waals surface area contributed by atoms with Gasteiger partial charge in [-0.05, 0) is 44.8 Å². The topological polar surface area (TPSA) is 50.2 Å². The van der Waals surface area contributed by atoms with Crippen molar-refractivity contribution in [3.63, 3.8) is 0 Å². The first-order chi connectivity index (χ1) is 10.8. The average molecular weight is 300 g/mol. The number of nitrogens with one attached hydrogen (secondary N) is 1. The molecular formula is C17H24N4O. The number of carbonyl (C=O) groups is 1. The number of rotatable bonds is 5. The Labute approximate surface area is 131 Å². The Morgan fingerprint density at radius 2 is 2.09 bits per heavy atom. The molecule has 5 heteroatoms. The molecule has 1 aliphatic rings. The predicted octanol–water partition coefficient (Wildman–Crippen LogP) is 1.88. The lowest BCUT2D eigenvalue weighted by Gasteiger charge is -2.32. The summed E-state index contributed by atoms with van der Waals surface area (Å²) >= 11 is 0. The van der Waals surface area contributed by atoms with Crippen molar-refractivity contribution in [1.82, 2.24) is 20.0 Å². The largest absolute Gasteiger partial charge is 0.341 e. The number of benzene rings is 1. The SMILES string of the molecule is CNCCC1CCN(C(=O)Cn2ncc3ccccc32)CC1. The van der Waals surface area contributed by atoms with Crippen LogP contribution in [0.3, 0.4) is 0 Å². The van der Waals surface area contributed by atoms with E-state index in [0.29, 0.717) is 6.54 Å². The van der Waals surface area contributed by atoms with Crippen LogP contribution in [-0.2, 0) is 11.3 Å². The summed E-state index contributed by atoms with van der Waals surface area (Å²) in [5.74, 6) is 0.933. The Morgan fingerprint density at radius 1 is 1.32 bits per heavy atom. The van der Waals surface area contributed by atoms with Crippen molar-refractivity contribution < 1.29 is 4.79 Å². The van der Waals surface area contributed by atoms with Crippen LogP contribution in [0.4, 0.5) is 0 Å². The van der Waals surface area contributed by atoms with E-state index in [9.17, 15) is 4.79 Å². The Morgan fingerprint density at radius 3 is 2.86 bits per heavy atom. The molecule has 0 unspecified atom stereocenters. The number of carbonyl (C=O) groups excluding carboxylic acids is 1. The summed E-state index contributed by atoms with van der Waals surface area (Å²) in [6.45, 7) is 3.17. The number of nitrogens with zero attached hydrogens (tertiary/aromatic N) is 3. The molecule has 0 spiro atoms.